The van der Waals surface area contributed by atoms with Crippen LogP contribution in [0.1, 0.15) is 22.9 Å². The summed E-state index contributed by atoms with van der Waals surface area (Å²) < 4.78 is 55.7. The molecule has 1 heterocycles. The van der Waals surface area contributed by atoms with Gasteiger partial charge in [0.15, 0.2) is 0 Å². The number of benzene rings is 1. The average molecular weight is 259 g/mol. The van der Waals surface area contributed by atoms with E-state index < -0.39 is 23.6 Å². The van der Waals surface area contributed by atoms with E-state index in [1.54, 1.807) is 12.1 Å². The molecular weight excluding hydrogens is 250 g/mol. The van der Waals surface area contributed by atoms with Gasteiger partial charge in [0.25, 0.3) is 0 Å². The van der Waals surface area contributed by atoms with E-state index >= 15 is 0 Å². The molecular formula is C12H9F4NO. The Kier molecular flexibility index (Phi) is 3.13. The third-order valence-electron chi connectivity index (χ3n) is 2.50. The summed E-state index contributed by atoms with van der Waals surface area (Å²) in [5, 5.41) is 0. The summed E-state index contributed by atoms with van der Waals surface area (Å²) in [7, 11) is 0. The largest absolute Gasteiger partial charge is 0.467 e. The monoisotopic (exact) mass is 259 g/mol. The van der Waals surface area contributed by atoms with Crippen LogP contribution in [0.3, 0.4) is 0 Å². The van der Waals surface area contributed by atoms with E-state index in [2.05, 4.69) is 0 Å². The first kappa shape index (κ1) is 12.6. The Balaban J connectivity index is 2.42. The van der Waals surface area contributed by atoms with Crippen molar-refractivity contribution in [2.45, 2.75) is 12.2 Å². The molecule has 0 aliphatic heterocycles. The van der Waals surface area contributed by atoms with Gasteiger partial charge < -0.3 is 10.2 Å². The molecule has 1 aromatic heterocycles. The predicted octanol–water partition coefficient (Wildman–Crippen LogP) is 3.49. The predicted molar refractivity (Wildman–Crippen MR) is 56.1 cm³/mol. The van der Waals surface area contributed by atoms with Crippen molar-refractivity contribution >= 4 is 0 Å². The van der Waals surface area contributed by atoms with Crippen molar-refractivity contribution in [1.82, 2.24) is 0 Å². The zero-order valence-electron chi connectivity index (χ0n) is 9.04. The second kappa shape index (κ2) is 4.45. The molecule has 0 aliphatic carbocycles. The van der Waals surface area contributed by atoms with Crippen molar-refractivity contribution in [2.24, 2.45) is 5.73 Å². The zero-order valence-corrected chi connectivity index (χ0v) is 9.04. The smallest absolute Gasteiger partial charge is 0.419 e. The minimum atomic E-state index is -4.75. The second-order valence-corrected chi connectivity index (χ2v) is 3.73. The average Bonchev–Trinajstić information content (AvgIpc) is 2.80. The highest BCUT2D eigenvalue weighted by atomic mass is 19.4. The van der Waals surface area contributed by atoms with E-state index in [9.17, 15) is 17.6 Å². The van der Waals surface area contributed by atoms with Crippen molar-refractivity contribution < 1.29 is 22.0 Å². The van der Waals surface area contributed by atoms with Gasteiger partial charge in [-0.2, -0.15) is 13.2 Å². The minimum Gasteiger partial charge on any atom is -0.467 e. The molecule has 96 valence electrons. The normalized spacial score (nSPS) is 13.6. The van der Waals surface area contributed by atoms with Gasteiger partial charge in [0, 0.05) is 0 Å². The van der Waals surface area contributed by atoms with Crippen LogP contribution < -0.4 is 5.73 Å². The summed E-state index contributed by atoms with van der Waals surface area (Å²) in [5.74, 6) is -1.01. The van der Waals surface area contributed by atoms with Gasteiger partial charge in [-0.25, -0.2) is 4.39 Å². The summed E-state index contributed by atoms with van der Waals surface area (Å²) in [5.41, 5.74) is 4.55. The SMILES string of the molecule is NC(c1ccc(F)c(C(F)(F)F)c1)c1ccco1. The lowest BCUT2D eigenvalue weighted by Crippen LogP contribution is -2.14. The highest BCUT2D eigenvalue weighted by Crippen LogP contribution is 2.33. The van der Waals surface area contributed by atoms with Crippen molar-refractivity contribution in [3.8, 4) is 0 Å². The fourth-order valence-corrected chi connectivity index (χ4v) is 1.59. The molecule has 0 saturated heterocycles. The van der Waals surface area contributed by atoms with E-state index in [0.717, 1.165) is 6.07 Å². The molecule has 1 unspecified atom stereocenters. The number of rotatable bonds is 2. The van der Waals surface area contributed by atoms with Crippen molar-refractivity contribution in [1.29, 1.82) is 0 Å². The molecule has 0 fully saturated rings. The van der Waals surface area contributed by atoms with Gasteiger partial charge in [-0.15, -0.1) is 0 Å². The topological polar surface area (TPSA) is 39.2 Å². The number of hydrogen-bond donors (Lipinski definition) is 1. The van der Waals surface area contributed by atoms with Crippen LogP contribution in [-0.4, -0.2) is 0 Å². The molecule has 0 saturated carbocycles. The van der Waals surface area contributed by atoms with Crippen LogP contribution in [0, 0.1) is 5.82 Å². The maximum atomic E-state index is 13.1. The van der Waals surface area contributed by atoms with E-state index in [1.165, 1.54) is 12.3 Å². The lowest BCUT2D eigenvalue weighted by molar-refractivity contribution is -0.140. The molecule has 2 nitrogen and oxygen atoms in total. The molecule has 0 radical (unpaired) electrons. The van der Waals surface area contributed by atoms with Crippen molar-refractivity contribution in [3.63, 3.8) is 0 Å². The Hall–Kier alpha value is -1.82. The minimum absolute atomic E-state index is 0.138. The van der Waals surface area contributed by atoms with Crippen LogP contribution in [0.25, 0.3) is 0 Å². The van der Waals surface area contributed by atoms with E-state index in [0.29, 0.717) is 11.8 Å². The van der Waals surface area contributed by atoms with Gasteiger partial charge in [0.1, 0.15) is 11.6 Å². The molecule has 2 rings (SSSR count). The molecule has 18 heavy (non-hydrogen) atoms. The Bertz CT molecular complexity index is 534. The van der Waals surface area contributed by atoms with Crippen LogP contribution >= 0.6 is 0 Å². The molecule has 2 N–H and O–H groups in total. The molecule has 2 aromatic rings. The zero-order chi connectivity index (χ0) is 13.3. The van der Waals surface area contributed by atoms with Gasteiger partial charge in [0.05, 0.1) is 17.9 Å². The number of furan rings is 1. The number of alkyl halides is 3. The van der Waals surface area contributed by atoms with Gasteiger partial charge in [-0.1, -0.05) is 6.07 Å². The molecule has 0 bridgehead atoms. The highest BCUT2D eigenvalue weighted by Gasteiger charge is 2.34. The van der Waals surface area contributed by atoms with Gasteiger partial charge in [-0.05, 0) is 29.8 Å². The first-order valence-corrected chi connectivity index (χ1v) is 5.05. The first-order chi connectivity index (χ1) is 8.39. The summed E-state index contributed by atoms with van der Waals surface area (Å²) in [6, 6.07) is 4.91. The highest BCUT2D eigenvalue weighted by molar-refractivity contribution is 5.32. The van der Waals surface area contributed by atoms with Crippen LogP contribution in [0.4, 0.5) is 17.6 Å². The quantitative estimate of drug-likeness (QED) is 0.838. The second-order valence-electron chi connectivity index (χ2n) is 3.73. The van der Waals surface area contributed by atoms with Gasteiger partial charge in [0.2, 0.25) is 0 Å². The summed E-state index contributed by atoms with van der Waals surface area (Å²) in [6.45, 7) is 0. The van der Waals surface area contributed by atoms with Crippen LogP contribution in [0.2, 0.25) is 0 Å². The van der Waals surface area contributed by atoms with Crippen molar-refractivity contribution in [2.75, 3.05) is 0 Å². The van der Waals surface area contributed by atoms with Gasteiger partial charge >= 0.3 is 6.18 Å². The summed E-state index contributed by atoms with van der Waals surface area (Å²) in [4.78, 5) is 0. The van der Waals surface area contributed by atoms with Crippen molar-refractivity contribution in [3.05, 3.63) is 59.3 Å². The lowest BCUT2D eigenvalue weighted by atomic mass is 10.0. The van der Waals surface area contributed by atoms with E-state index in [4.69, 9.17) is 10.2 Å². The molecule has 1 atom stereocenters. The first-order valence-electron chi connectivity index (χ1n) is 5.05. The van der Waals surface area contributed by atoms with Crippen LogP contribution in [-0.2, 0) is 6.18 Å². The summed E-state index contributed by atoms with van der Waals surface area (Å²) in [6.07, 6.45) is -3.38. The number of hydrogen-bond acceptors (Lipinski definition) is 2. The number of nitrogens with two attached hydrogens (primary N) is 1. The number of halogens is 4. The lowest BCUT2D eigenvalue weighted by Gasteiger charge is -2.13. The van der Waals surface area contributed by atoms with Crippen LogP contribution in [0.5, 0.6) is 0 Å². The Labute approximate surface area is 100 Å². The fourth-order valence-electron chi connectivity index (χ4n) is 1.59. The van der Waals surface area contributed by atoms with Gasteiger partial charge in [-0.3, -0.25) is 0 Å². The molecule has 0 amide bonds. The molecule has 1 aromatic carbocycles. The maximum Gasteiger partial charge on any atom is 0.419 e. The Morgan fingerprint density at radius 2 is 1.89 bits per heavy atom. The molecule has 0 aliphatic rings. The fraction of sp³-hybridized carbons (Fsp3) is 0.167. The third kappa shape index (κ3) is 2.38. The van der Waals surface area contributed by atoms with E-state index in [-0.39, 0.29) is 5.56 Å². The Morgan fingerprint density at radius 1 is 1.17 bits per heavy atom. The standard InChI is InChI=1S/C12H9F4NO/c13-9-4-3-7(6-8(9)12(14,15)16)11(17)10-2-1-5-18-10/h1-6,11H,17H2. The summed E-state index contributed by atoms with van der Waals surface area (Å²) >= 11 is 0. The third-order valence-corrected chi connectivity index (χ3v) is 2.50. The molecule has 0 spiro atoms. The van der Waals surface area contributed by atoms with Crippen LogP contribution in [0.15, 0.2) is 41.0 Å². The van der Waals surface area contributed by atoms with E-state index in [1.807, 2.05) is 0 Å². The maximum absolute atomic E-state index is 13.1. The Morgan fingerprint density at radius 3 is 2.44 bits per heavy atom. The molecule has 6 heteroatoms.